The lowest BCUT2D eigenvalue weighted by Gasteiger charge is -2.27. The third-order valence-corrected chi connectivity index (χ3v) is 3.39. The molecule has 0 aromatic heterocycles. The molecule has 2 rings (SSSR count). The van der Waals surface area contributed by atoms with Crippen molar-refractivity contribution in [3.63, 3.8) is 0 Å². The molecule has 106 valence electrons. The van der Waals surface area contributed by atoms with E-state index in [-0.39, 0.29) is 17.7 Å². The monoisotopic (exact) mass is 276 g/mol. The molecule has 0 aliphatic carbocycles. The number of rotatable bonds is 5. The highest BCUT2D eigenvalue weighted by molar-refractivity contribution is 5.22. The van der Waals surface area contributed by atoms with Crippen molar-refractivity contribution in [2.75, 3.05) is 13.6 Å². The zero-order chi connectivity index (χ0) is 14.5. The summed E-state index contributed by atoms with van der Waals surface area (Å²) in [6, 6.07) is 12.8. The lowest BCUT2D eigenvalue weighted by atomic mass is 10.0. The smallest absolute Gasteiger partial charge is 0.127 e. The van der Waals surface area contributed by atoms with Gasteiger partial charge in [0.25, 0.3) is 0 Å². The van der Waals surface area contributed by atoms with Crippen molar-refractivity contribution in [1.29, 1.82) is 0 Å². The van der Waals surface area contributed by atoms with Crippen LogP contribution in [0.4, 0.5) is 8.78 Å². The van der Waals surface area contributed by atoms with Crippen molar-refractivity contribution >= 4 is 0 Å². The van der Waals surface area contributed by atoms with Gasteiger partial charge in [0.15, 0.2) is 0 Å². The maximum absolute atomic E-state index is 13.7. The van der Waals surface area contributed by atoms with Gasteiger partial charge in [0.1, 0.15) is 11.6 Å². The minimum Gasteiger partial charge on any atom is -0.329 e. The molecule has 0 amide bonds. The maximum atomic E-state index is 13.7. The Labute approximate surface area is 117 Å². The molecule has 0 heterocycles. The van der Waals surface area contributed by atoms with Crippen LogP contribution in [-0.4, -0.2) is 18.5 Å². The maximum Gasteiger partial charge on any atom is 0.127 e. The molecular weight excluding hydrogens is 258 g/mol. The van der Waals surface area contributed by atoms with Crippen molar-refractivity contribution in [3.05, 3.63) is 71.3 Å². The Balaban J connectivity index is 2.15. The first-order valence-electron chi connectivity index (χ1n) is 6.51. The fourth-order valence-corrected chi connectivity index (χ4v) is 2.26. The molecule has 0 spiro atoms. The van der Waals surface area contributed by atoms with E-state index in [4.69, 9.17) is 5.73 Å². The third kappa shape index (κ3) is 3.40. The molecule has 0 aliphatic rings. The van der Waals surface area contributed by atoms with Crippen molar-refractivity contribution in [2.24, 2.45) is 5.73 Å². The number of likely N-dealkylation sites (N-methyl/N-ethyl adjacent to an activating group) is 1. The van der Waals surface area contributed by atoms with Gasteiger partial charge in [-0.1, -0.05) is 30.3 Å². The Morgan fingerprint density at radius 3 is 2.30 bits per heavy atom. The standard InChI is InChI=1S/C16H18F2N2/c1-20(11-13-4-2-3-5-15(13)18)16(10-19)12-6-8-14(17)9-7-12/h2-9,16H,10-11,19H2,1H3. The molecule has 1 atom stereocenters. The predicted octanol–water partition coefficient (Wildman–Crippen LogP) is 3.10. The first kappa shape index (κ1) is 14.6. The van der Waals surface area contributed by atoms with Crippen molar-refractivity contribution in [1.82, 2.24) is 4.90 Å². The molecular formula is C16H18F2N2. The summed E-state index contributed by atoms with van der Waals surface area (Å²) >= 11 is 0. The second-order valence-electron chi connectivity index (χ2n) is 4.81. The van der Waals surface area contributed by atoms with Crippen LogP contribution in [0.3, 0.4) is 0 Å². The summed E-state index contributed by atoms with van der Waals surface area (Å²) in [6.45, 7) is 0.836. The minimum atomic E-state index is -0.277. The van der Waals surface area contributed by atoms with Gasteiger partial charge in [-0.2, -0.15) is 0 Å². The van der Waals surface area contributed by atoms with E-state index in [0.29, 0.717) is 18.7 Å². The molecule has 2 N–H and O–H groups in total. The second-order valence-corrected chi connectivity index (χ2v) is 4.81. The summed E-state index contributed by atoms with van der Waals surface area (Å²) in [7, 11) is 1.88. The summed E-state index contributed by atoms with van der Waals surface area (Å²) in [5.41, 5.74) is 7.35. The van der Waals surface area contributed by atoms with E-state index in [1.54, 1.807) is 24.3 Å². The molecule has 0 radical (unpaired) electrons. The molecule has 4 heteroatoms. The van der Waals surface area contributed by atoms with E-state index in [2.05, 4.69) is 0 Å². The average Bonchev–Trinajstić information content (AvgIpc) is 2.44. The summed E-state index contributed by atoms with van der Waals surface area (Å²) in [6.07, 6.45) is 0. The molecule has 2 aromatic carbocycles. The number of hydrogen-bond donors (Lipinski definition) is 1. The Morgan fingerprint density at radius 2 is 1.70 bits per heavy atom. The van der Waals surface area contributed by atoms with Gasteiger partial charge in [-0.05, 0) is 30.8 Å². The lowest BCUT2D eigenvalue weighted by molar-refractivity contribution is 0.238. The van der Waals surface area contributed by atoms with Gasteiger partial charge in [0.05, 0.1) is 0 Å². The molecule has 20 heavy (non-hydrogen) atoms. The van der Waals surface area contributed by atoms with Gasteiger partial charge in [0.2, 0.25) is 0 Å². The summed E-state index contributed by atoms with van der Waals surface area (Å²) in [5.74, 6) is -0.504. The quantitative estimate of drug-likeness (QED) is 0.909. The number of nitrogens with two attached hydrogens (primary N) is 1. The van der Waals surface area contributed by atoms with Crippen molar-refractivity contribution in [3.8, 4) is 0 Å². The van der Waals surface area contributed by atoms with E-state index < -0.39 is 0 Å². The molecule has 0 saturated heterocycles. The van der Waals surface area contributed by atoms with Gasteiger partial charge in [-0.25, -0.2) is 8.78 Å². The SMILES string of the molecule is CN(Cc1ccccc1F)C(CN)c1ccc(F)cc1. The van der Waals surface area contributed by atoms with Crippen LogP contribution in [0.2, 0.25) is 0 Å². The number of nitrogens with zero attached hydrogens (tertiary/aromatic N) is 1. The second kappa shape index (κ2) is 6.59. The Morgan fingerprint density at radius 1 is 1.05 bits per heavy atom. The molecule has 2 nitrogen and oxygen atoms in total. The van der Waals surface area contributed by atoms with E-state index in [1.807, 2.05) is 18.0 Å². The van der Waals surface area contributed by atoms with E-state index in [0.717, 1.165) is 5.56 Å². The highest BCUT2D eigenvalue weighted by atomic mass is 19.1. The van der Waals surface area contributed by atoms with Crippen LogP contribution in [0.5, 0.6) is 0 Å². The van der Waals surface area contributed by atoms with Crippen molar-refractivity contribution < 1.29 is 8.78 Å². The average molecular weight is 276 g/mol. The highest BCUT2D eigenvalue weighted by Crippen LogP contribution is 2.21. The van der Waals surface area contributed by atoms with Crippen LogP contribution in [0, 0.1) is 11.6 Å². The summed E-state index contributed by atoms with van der Waals surface area (Å²) in [5, 5.41) is 0. The number of hydrogen-bond acceptors (Lipinski definition) is 2. The molecule has 0 saturated carbocycles. The fraction of sp³-hybridized carbons (Fsp3) is 0.250. The Hall–Kier alpha value is -1.78. The highest BCUT2D eigenvalue weighted by Gasteiger charge is 2.16. The van der Waals surface area contributed by atoms with Crippen LogP contribution >= 0.6 is 0 Å². The first-order valence-corrected chi connectivity index (χ1v) is 6.51. The molecule has 1 unspecified atom stereocenters. The molecule has 0 aliphatic heterocycles. The van der Waals surface area contributed by atoms with Crippen LogP contribution in [0.25, 0.3) is 0 Å². The van der Waals surface area contributed by atoms with E-state index in [1.165, 1.54) is 18.2 Å². The molecule has 0 bridgehead atoms. The number of benzene rings is 2. The van der Waals surface area contributed by atoms with Crippen LogP contribution in [0.1, 0.15) is 17.2 Å². The van der Waals surface area contributed by atoms with Crippen LogP contribution in [0.15, 0.2) is 48.5 Å². The zero-order valence-electron chi connectivity index (χ0n) is 11.4. The van der Waals surface area contributed by atoms with Crippen LogP contribution < -0.4 is 5.73 Å². The minimum absolute atomic E-state index is 0.0739. The summed E-state index contributed by atoms with van der Waals surface area (Å²) < 4.78 is 26.6. The Kier molecular flexibility index (Phi) is 4.82. The third-order valence-electron chi connectivity index (χ3n) is 3.39. The molecule has 2 aromatic rings. The largest absolute Gasteiger partial charge is 0.329 e. The Bertz CT molecular complexity index is 555. The van der Waals surface area contributed by atoms with Gasteiger partial charge in [-0.3, -0.25) is 4.90 Å². The fourth-order valence-electron chi connectivity index (χ4n) is 2.26. The first-order chi connectivity index (χ1) is 9.61. The van der Waals surface area contributed by atoms with Gasteiger partial charge in [-0.15, -0.1) is 0 Å². The lowest BCUT2D eigenvalue weighted by Crippen LogP contribution is -2.30. The van der Waals surface area contributed by atoms with Gasteiger partial charge in [0, 0.05) is 24.7 Å². The zero-order valence-corrected chi connectivity index (χ0v) is 11.4. The van der Waals surface area contributed by atoms with E-state index >= 15 is 0 Å². The molecule has 0 fully saturated rings. The predicted molar refractivity (Wildman–Crippen MR) is 76.1 cm³/mol. The van der Waals surface area contributed by atoms with E-state index in [9.17, 15) is 8.78 Å². The summed E-state index contributed by atoms with van der Waals surface area (Å²) in [4.78, 5) is 1.96. The van der Waals surface area contributed by atoms with Crippen molar-refractivity contribution in [2.45, 2.75) is 12.6 Å². The van der Waals surface area contributed by atoms with Crippen LogP contribution in [-0.2, 0) is 6.54 Å². The normalized spacial score (nSPS) is 12.7. The van der Waals surface area contributed by atoms with Gasteiger partial charge < -0.3 is 5.73 Å². The van der Waals surface area contributed by atoms with Gasteiger partial charge >= 0.3 is 0 Å². The number of halogens is 2. The topological polar surface area (TPSA) is 29.3 Å².